The second kappa shape index (κ2) is 8.45. The normalized spacial score (nSPS) is 19.2. The van der Waals surface area contributed by atoms with Crippen LogP contribution in [0, 0.1) is 6.92 Å². The largest absolute Gasteiger partial charge is 0.493 e. The summed E-state index contributed by atoms with van der Waals surface area (Å²) >= 11 is 6.05. The van der Waals surface area contributed by atoms with Gasteiger partial charge in [0.25, 0.3) is 11.8 Å². The summed E-state index contributed by atoms with van der Waals surface area (Å²) < 4.78 is 16.7. The summed E-state index contributed by atoms with van der Waals surface area (Å²) in [5.74, 6) is 1.06. The summed E-state index contributed by atoms with van der Waals surface area (Å²) in [7, 11) is 3.09. The van der Waals surface area contributed by atoms with Gasteiger partial charge in [0.15, 0.2) is 23.6 Å². The Morgan fingerprint density at radius 1 is 1.09 bits per heavy atom. The molecule has 1 fully saturated rings. The van der Waals surface area contributed by atoms with Crippen molar-refractivity contribution in [2.24, 2.45) is 10.3 Å². The van der Waals surface area contributed by atoms with E-state index in [-0.39, 0.29) is 6.54 Å². The SMILES string of the molecule is COc1cccc(-c2nc(CN3N=N[C@@H]4C(=O)N(c5cccc(Cl)c5)C(=O)[C@@H]43)c(C)o2)c1OC. The second-order valence-corrected chi connectivity index (χ2v) is 8.18. The number of carbonyl (C=O) groups is 2. The van der Waals surface area contributed by atoms with Crippen molar-refractivity contribution in [3.63, 3.8) is 0 Å². The van der Waals surface area contributed by atoms with Gasteiger partial charge in [-0.15, -0.1) is 0 Å². The van der Waals surface area contributed by atoms with Gasteiger partial charge in [0.1, 0.15) is 11.5 Å². The molecule has 0 unspecified atom stereocenters. The van der Waals surface area contributed by atoms with Gasteiger partial charge in [0.2, 0.25) is 5.89 Å². The number of halogens is 1. The van der Waals surface area contributed by atoms with E-state index in [1.165, 1.54) is 12.1 Å². The Hall–Kier alpha value is -3.92. The molecule has 2 atom stereocenters. The maximum absolute atomic E-state index is 13.2. The van der Waals surface area contributed by atoms with E-state index in [0.29, 0.717) is 45.1 Å². The van der Waals surface area contributed by atoms with E-state index < -0.39 is 23.9 Å². The van der Waals surface area contributed by atoms with E-state index >= 15 is 0 Å². The number of aryl methyl sites for hydroxylation is 1. The molecule has 3 aromatic rings. The molecule has 1 saturated heterocycles. The van der Waals surface area contributed by atoms with E-state index in [1.807, 2.05) is 12.1 Å². The summed E-state index contributed by atoms with van der Waals surface area (Å²) in [6.45, 7) is 1.90. The zero-order chi connectivity index (χ0) is 24.0. The molecule has 2 aliphatic heterocycles. The number of anilines is 1. The molecular formula is C23H20ClN5O5. The Morgan fingerprint density at radius 3 is 2.62 bits per heavy atom. The Kier molecular flexibility index (Phi) is 5.45. The molecule has 2 aliphatic rings. The van der Waals surface area contributed by atoms with Gasteiger partial charge in [-0.1, -0.05) is 29.0 Å². The average molecular weight is 482 g/mol. The predicted octanol–water partition coefficient (Wildman–Crippen LogP) is 3.81. The first-order valence-electron chi connectivity index (χ1n) is 10.4. The van der Waals surface area contributed by atoms with Crippen LogP contribution in [0.3, 0.4) is 0 Å². The highest BCUT2D eigenvalue weighted by molar-refractivity contribution is 6.31. The van der Waals surface area contributed by atoms with Crippen LogP contribution in [0.15, 0.2) is 57.2 Å². The Labute approximate surface area is 199 Å². The van der Waals surface area contributed by atoms with E-state index in [1.54, 1.807) is 44.4 Å². The molecule has 0 aliphatic carbocycles. The van der Waals surface area contributed by atoms with Crippen LogP contribution in [0.2, 0.25) is 5.02 Å². The quantitative estimate of drug-likeness (QED) is 0.492. The lowest BCUT2D eigenvalue weighted by Gasteiger charge is -2.20. The van der Waals surface area contributed by atoms with Crippen molar-refractivity contribution in [2.75, 3.05) is 19.1 Å². The van der Waals surface area contributed by atoms with Crippen molar-refractivity contribution in [1.82, 2.24) is 9.99 Å². The number of aromatic nitrogens is 1. The maximum Gasteiger partial charge on any atom is 0.263 e. The van der Waals surface area contributed by atoms with Crippen molar-refractivity contribution >= 4 is 29.1 Å². The zero-order valence-corrected chi connectivity index (χ0v) is 19.3. The third-order valence-electron chi connectivity index (χ3n) is 5.76. The topological polar surface area (TPSA) is 110 Å². The lowest BCUT2D eigenvalue weighted by molar-refractivity contribution is -0.123. The first kappa shape index (κ1) is 21.9. The van der Waals surface area contributed by atoms with Gasteiger partial charge in [-0.05, 0) is 37.3 Å². The van der Waals surface area contributed by atoms with Crippen LogP contribution in [0.25, 0.3) is 11.5 Å². The van der Waals surface area contributed by atoms with Crippen LogP contribution in [-0.2, 0) is 16.1 Å². The number of nitrogens with zero attached hydrogens (tertiary/aromatic N) is 5. The van der Waals surface area contributed by atoms with E-state index in [4.69, 9.17) is 25.5 Å². The fraction of sp³-hybridized carbons (Fsp3) is 0.261. The van der Waals surface area contributed by atoms with Gasteiger partial charge < -0.3 is 13.9 Å². The number of rotatable bonds is 6. The highest BCUT2D eigenvalue weighted by atomic mass is 35.5. The average Bonchev–Trinajstić information content (AvgIpc) is 3.48. The van der Waals surface area contributed by atoms with Crippen molar-refractivity contribution in [3.05, 3.63) is 58.9 Å². The number of oxazole rings is 1. The number of para-hydroxylation sites is 1. The van der Waals surface area contributed by atoms with Crippen LogP contribution in [-0.4, -0.2) is 48.1 Å². The predicted molar refractivity (Wildman–Crippen MR) is 122 cm³/mol. The van der Waals surface area contributed by atoms with Crippen molar-refractivity contribution in [2.45, 2.75) is 25.6 Å². The van der Waals surface area contributed by atoms with Crippen molar-refractivity contribution in [1.29, 1.82) is 0 Å². The fourth-order valence-electron chi connectivity index (χ4n) is 4.12. The lowest BCUT2D eigenvalue weighted by Crippen LogP contribution is -2.39. The summed E-state index contributed by atoms with van der Waals surface area (Å²) in [5.41, 5.74) is 1.58. The van der Waals surface area contributed by atoms with Gasteiger partial charge in [-0.2, -0.15) is 5.11 Å². The molecule has 10 nitrogen and oxygen atoms in total. The van der Waals surface area contributed by atoms with Crippen molar-refractivity contribution < 1.29 is 23.5 Å². The Balaban J connectivity index is 1.42. The number of hydrogen-bond donors (Lipinski definition) is 0. The Morgan fingerprint density at radius 2 is 1.88 bits per heavy atom. The number of fused-ring (bicyclic) bond motifs is 1. The number of hydrogen-bond acceptors (Lipinski definition) is 9. The van der Waals surface area contributed by atoms with Crippen LogP contribution >= 0.6 is 11.6 Å². The molecule has 2 amide bonds. The number of imide groups is 1. The minimum Gasteiger partial charge on any atom is -0.493 e. The molecule has 5 rings (SSSR count). The summed E-state index contributed by atoms with van der Waals surface area (Å²) in [6.07, 6.45) is 0. The molecule has 0 radical (unpaired) electrons. The summed E-state index contributed by atoms with van der Waals surface area (Å²) in [6, 6.07) is 10.2. The van der Waals surface area contributed by atoms with Crippen LogP contribution in [0.5, 0.6) is 11.5 Å². The van der Waals surface area contributed by atoms with Crippen LogP contribution in [0.1, 0.15) is 11.5 Å². The number of methoxy groups -OCH3 is 2. The molecule has 0 spiro atoms. The van der Waals surface area contributed by atoms with E-state index in [0.717, 1.165) is 4.90 Å². The molecule has 1 aromatic heterocycles. The number of ether oxygens (including phenoxy) is 2. The monoisotopic (exact) mass is 481 g/mol. The first-order valence-corrected chi connectivity index (χ1v) is 10.8. The molecule has 0 N–H and O–H groups in total. The molecule has 11 heteroatoms. The Bertz CT molecular complexity index is 1320. The van der Waals surface area contributed by atoms with Gasteiger partial charge in [-0.25, -0.2) is 9.88 Å². The summed E-state index contributed by atoms with van der Waals surface area (Å²) in [4.78, 5) is 31.8. The third kappa shape index (κ3) is 3.47. The fourth-order valence-corrected chi connectivity index (χ4v) is 4.31. The van der Waals surface area contributed by atoms with E-state index in [9.17, 15) is 9.59 Å². The van der Waals surface area contributed by atoms with Gasteiger partial charge >= 0.3 is 0 Å². The van der Waals surface area contributed by atoms with E-state index in [2.05, 4.69) is 15.3 Å². The molecule has 0 saturated carbocycles. The highest BCUT2D eigenvalue weighted by Gasteiger charge is 2.55. The van der Waals surface area contributed by atoms with Crippen LogP contribution in [0.4, 0.5) is 5.69 Å². The van der Waals surface area contributed by atoms with Crippen molar-refractivity contribution in [3.8, 4) is 23.0 Å². The highest BCUT2D eigenvalue weighted by Crippen LogP contribution is 2.39. The number of carbonyl (C=O) groups excluding carboxylic acids is 2. The van der Waals surface area contributed by atoms with Crippen LogP contribution < -0.4 is 14.4 Å². The lowest BCUT2D eigenvalue weighted by atomic mass is 10.1. The number of amides is 2. The second-order valence-electron chi connectivity index (χ2n) is 7.75. The summed E-state index contributed by atoms with van der Waals surface area (Å²) in [5, 5.41) is 10.0. The number of benzene rings is 2. The molecule has 34 heavy (non-hydrogen) atoms. The zero-order valence-electron chi connectivity index (χ0n) is 18.6. The minimum absolute atomic E-state index is 0.134. The van der Waals surface area contributed by atoms with Gasteiger partial charge in [0.05, 0.1) is 32.0 Å². The molecule has 3 heterocycles. The molecule has 2 aromatic carbocycles. The van der Waals surface area contributed by atoms with Gasteiger partial charge in [0, 0.05) is 5.02 Å². The molecule has 0 bridgehead atoms. The third-order valence-corrected chi connectivity index (χ3v) is 6.00. The maximum atomic E-state index is 13.2. The smallest absolute Gasteiger partial charge is 0.263 e. The first-order chi connectivity index (χ1) is 16.4. The molecular weight excluding hydrogens is 462 g/mol. The standard InChI is InChI=1S/C23H20ClN5O5/c1-12-16(25-21(34-12)15-8-5-9-17(32-2)20(15)33-3)11-28-19-18(26-27-28)22(30)29(23(19)31)14-7-4-6-13(24)10-14/h4-10,18-19H,11H2,1-3H3/t18-,19+/m0/s1. The van der Waals surface area contributed by atoms with Gasteiger partial charge in [-0.3, -0.25) is 14.6 Å². The molecule has 174 valence electrons. The minimum atomic E-state index is -0.920.